The SMILES string of the molecule is C=CCNc1ncnc2c1c(-c1ccccc1)cn2-c1ccccc1Cl. The number of fused-ring (bicyclic) bond motifs is 1. The van der Waals surface area contributed by atoms with Crippen LogP contribution < -0.4 is 5.32 Å². The molecule has 0 aliphatic carbocycles. The number of halogens is 1. The van der Waals surface area contributed by atoms with Gasteiger partial charge in [-0.25, -0.2) is 9.97 Å². The number of para-hydroxylation sites is 1. The van der Waals surface area contributed by atoms with Crippen LogP contribution in [0.15, 0.2) is 79.8 Å². The zero-order valence-electron chi connectivity index (χ0n) is 14.1. The minimum Gasteiger partial charge on any atom is -0.366 e. The van der Waals surface area contributed by atoms with Gasteiger partial charge in [-0.2, -0.15) is 0 Å². The summed E-state index contributed by atoms with van der Waals surface area (Å²) in [5.41, 5.74) is 3.83. The molecule has 0 saturated heterocycles. The summed E-state index contributed by atoms with van der Waals surface area (Å²) in [5.74, 6) is 0.777. The molecule has 0 atom stereocenters. The maximum absolute atomic E-state index is 6.44. The second-order valence-corrected chi connectivity index (χ2v) is 6.23. The van der Waals surface area contributed by atoms with Crippen molar-refractivity contribution in [1.29, 1.82) is 0 Å². The summed E-state index contributed by atoms with van der Waals surface area (Å²) in [6, 6.07) is 18.0. The summed E-state index contributed by atoms with van der Waals surface area (Å²) in [4.78, 5) is 8.98. The first-order chi connectivity index (χ1) is 12.8. The standard InChI is InChI=1S/C21H17ClN4/c1-2-12-23-20-19-16(15-8-4-3-5-9-15)13-26(21(19)25-14-24-20)18-11-7-6-10-17(18)22/h2-11,13-14H,1,12H2,(H,23,24,25). The lowest BCUT2D eigenvalue weighted by Crippen LogP contribution is -2.02. The molecule has 0 fully saturated rings. The van der Waals surface area contributed by atoms with E-state index in [9.17, 15) is 0 Å². The van der Waals surface area contributed by atoms with E-state index in [-0.39, 0.29) is 0 Å². The second kappa shape index (κ2) is 7.02. The van der Waals surface area contributed by atoms with Gasteiger partial charge in [0.1, 0.15) is 12.1 Å². The molecule has 4 nitrogen and oxygen atoms in total. The number of rotatable bonds is 5. The van der Waals surface area contributed by atoms with E-state index in [1.54, 1.807) is 12.4 Å². The van der Waals surface area contributed by atoms with Gasteiger partial charge in [0.2, 0.25) is 0 Å². The normalized spacial score (nSPS) is 10.8. The highest BCUT2D eigenvalue weighted by atomic mass is 35.5. The van der Waals surface area contributed by atoms with Gasteiger partial charge in [0.25, 0.3) is 0 Å². The molecule has 0 bridgehead atoms. The van der Waals surface area contributed by atoms with Crippen molar-refractivity contribution in [3.63, 3.8) is 0 Å². The molecule has 4 rings (SSSR count). The molecule has 0 unspecified atom stereocenters. The molecule has 0 saturated carbocycles. The average Bonchev–Trinajstić information content (AvgIpc) is 3.07. The Morgan fingerprint density at radius 1 is 1.04 bits per heavy atom. The van der Waals surface area contributed by atoms with Crippen LogP contribution in [-0.2, 0) is 0 Å². The number of hydrogen-bond acceptors (Lipinski definition) is 3. The van der Waals surface area contributed by atoms with Crippen molar-refractivity contribution in [1.82, 2.24) is 14.5 Å². The summed E-state index contributed by atoms with van der Waals surface area (Å²) in [5, 5.41) is 4.94. The maximum Gasteiger partial charge on any atom is 0.150 e. The van der Waals surface area contributed by atoms with Gasteiger partial charge in [0, 0.05) is 18.3 Å². The number of anilines is 1. The van der Waals surface area contributed by atoms with Crippen molar-refractivity contribution in [3.8, 4) is 16.8 Å². The molecule has 0 spiro atoms. The Kier molecular flexibility index (Phi) is 4.42. The highest BCUT2D eigenvalue weighted by Crippen LogP contribution is 2.36. The summed E-state index contributed by atoms with van der Waals surface area (Å²) in [7, 11) is 0. The molecule has 2 heterocycles. The molecule has 2 aromatic heterocycles. The minimum atomic E-state index is 0.623. The summed E-state index contributed by atoms with van der Waals surface area (Å²) < 4.78 is 2.01. The van der Waals surface area contributed by atoms with Gasteiger partial charge >= 0.3 is 0 Å². The van der Waals surface area contributed by atoms with Crippen LogP contribution >= 0.6 is 11.6 Å². The largest absolute Gasteiger partial charge is 0.366 e. The van der Waals surface area contributed by atoms with Crippen molar-refractivity contribution < 1.29 is 0 Å². The third-order valence-electron chi connectivity index (χ3n) is 4.19. The number of aromatic nitrogens is 3. The number of benzene rings is 2. The monoisotopic (exact) mass is 360 g/mol. The van der Waals surface area contributed by atoms with Crippen molar-refractivity contribution in [2.24, 2.45) is 0 Å². The van der Waals surface area contributed by atoms with Crippen molar-refractivity contribution >= 4 is 28.5 Å². The summed E-state index contributed by atoms with van der Waals surface area (Å²) in [6.07, 6.45) is 5.44. The molecule has 5 heteroatoms. The highest BCUT2D eigenvalue weighted by molar-refractivity contribution is 6.32. The lowest BCUT2D eigenvalue weighted by Gasteiger charge is -2.08. The van der Waals surface area contributed by atoms with Crippen LogP contribution in [0.1, 0.15) is 0 Å². The molecule has 128 valence electrons. The quantitative estimate of drug-likeness (QED) is 0.488. The highest BCUT2D eigenvalue weighted by Gasteiger charge is 2.17. The van der Waals surface area contributed by atoms with Crippen molar-refractivity contribution in [2.75, 3.05) is 11.9 Å². The maximum atomic E-state index is 6.44. The first kappa shape index (κ1) is 16.4. The Balaban J connectivity index is 2.03. The minimum absolute atomic E-state index is 0.623. The number of nitrogens with zero attached hydrogens (tertiary/aromatic N) is 3. The van der Waals surface area contributed by atoms with Gasteiger partial charge < -0.3 is 5.32 Å². The summed E-state index contributed by atoms with van der Waals surface area (Å²) >= 11 is 6.44. The van der Waals surface area contributed by atoms with Gasteiger partial charge in [-0.05, 0) is 17.7 Å². The molecular formula is C21H17ClN4. The van der Waals surface area contributed by atoms with Crippen LogP contribution in [0, 0.1) is 0 Å². The van der Waals surface area contributed by atoms with Gasteiger partial charge in [0.05, 0.1) is 16.1 Å². The zero-order valence-corrected chi connectivity index (χ0v) is 14.8. The fourth-order valence-corrected chi connectivity index (χ4v) is 3.26. The van der Waals surface area contributed by atoms with Gasteiger partial charge in [-0.1, -0.05) is 60.1 Å². The van der Waals surface area contributed by atoms with E-state index in [2.05, 4.69) is 40.2 Å². The second-order valence-electron chi connectivity index (χ2n) is 5.82. The van der Waals surface area contributed by atoms with E-state index in [0.717, 1.165) is 33.7 Å². The molecule has 0 aliphatic heterocycles. The van der Waals surface area contributed by atoms with E-state index in [1.807, 2.05) is 47.0 Å². The predicted octanol–water partition coefficient (Wildman–Crippen LogP) is 5.34. The Hall–Kier alpha value is -3.11. The van der Waals surface area contributed by atoms with Crippen LogP contribution in [0.2, 0.25) is 5.02 Å². The van der Waals surface area contributed by atoms with Crippen LogP contribution in [-0.4, -0.2) is 21.1 Å². The third-order valence-corrected chi connectivity index (χ3v) is 4.51. The van der Waals surface area contributed by atoms with E-state index >= 15 is 0 Å². The lowest BCUT2D eigenvalue weighted by atomic mass is 10.1. The van der Waals surface area contributed by atoms with Crippen LogP contribution in [0.5, 0.6) is 0 Å². The molecule has 2 aromatic carbocycles. The Morgan fingerprint density at radius 2 is 1.81 bits per heavy atom. The summed E-state index contributed by atoms with van der Waals surface area (Å²) in [6.45, 7) is 4.39. The number of hydrogen-bond donors (Lipinski definition) is 1. The van der Waals surface area contributed by atoms with Gasteiger partial charge in [0.15, 0.2) is 5.65 Å². The smallest absolute Gasteiger partial charge is 0.150 e. The Morgan fingerprint density at radius 3 is 2.58 bits per heavy atom. The van der Waals surface area contributed by atoms with Crippen LogP contribution in [0.25, 0.3) is 27.8 Å². The molecule has 0 aliphatic rings. The average molecular weight is 361 g/mol. The molecular weight excluding hydrogens is 344 g/mol. The third kappa shape index (κ3) is 2.85. The first-order valence-corrected chi connectivity index (χ1v) is 8.68. The molecule has 4 aromatic rings. The van der Waals surface area contributed by atoms with Gasteiger partial charge in [-0.15, -0.1) is 6.58 Å². The molecule has 1 N–H and O–H groups in total. The first-order valence-electron chi connectivity index (χ1n) is 8.30. The zero-order chi connectivity index (χ0) is 17.9. The van der Waals surface area contributed by atoms with E-state index < -0.39 is 0 Å². The molecule has 26 heavy (non-hydrogen) atoms. The van der Waals surface area contributed by atoms with Gasteiger partial charge in [-0.3, -0.25) is 4.57 Å². The van der Waals surface area contributed by atoms with Crippen molar-refractivity contribution in [3.05, 3.63) is 84.8 Å². The fraction of sp³-hybridized carbons (Fsp3) is 0.0476. The lowest BCUT2D eigenvalue weighted by molar-refractivity contribution is 1.07. The molecule has 0 radical (unpaired) electrons. The van der Waals surface area contributed by atoms with Crippen LogP contribution in [0.3, 0.4) is 0 Å². The van der Waals surface area contributed by atoms with E-state index in [1.165, 1.54) is 0 Å². The van der Waals surface area contributed by atoms with Crippen LogP contribution in [0.4, 0.5) is 5.82 Å². The Bertz CT molecular complexity index is 1070. The van der Waals surface area contributed by atoms with Crippen molar-refractivity contribution in [2.45, 2.75) is 0 Å². The Labute approximate surface area is 156 Å². The number of nitrogens with one attached hydrogen (secondary N) is 1. The molecule has 0 amide bonds. The predicted molar refractivity (Wildman–Crippen MR) is 108 cm³/mol. The fourth-order valence-electron chi connectivity index (χ4n) is 3.03. The van der Waals surface area contributed by atoms with E-state index in [4.69, 9.17) is 11.6 Å². The topological polar surface area (TPSA) is 42.7 Å². The van der Waals surface area contributed by atoms with E-state index in [0.29, 0.717) is 11.6 Å².